The van der Waals surface area contributed by atoms with Crippen molar-refractivity contribution in [3.05, 3.63) is 34.3 Å². The predicted molar refractivity (Wildman–Crippen MR) is 90.4 cm³/mol. The van der Waals surface area contributed by atoms with E-state index in [9.17, 15) is 9.59 Å². The zero-order valence-electron chi connectivity index (χ0n) is 13.6. The van der Waals surface area contributed by atoms with Gasteiger partial charge in [0.05, 0.1) is 19.6 Å². The van der Waals surface area contributed by atoms with Crippen molar-refractivity contribution in [2.24, 2.45) is 0 Å². The summed E-state index contributed by atoms with van der Waals surface area (Å²) in [4.78, 5) is 24.3. The number of amides is 2. The molecule has 24 heavy (non-hydrogen) atoms. The normalized spacial score (nSPS) is 16.0. The molecule has 0 bridgehead atoms. The maximum absolute atomic E-state index is 12.2. The molecule has 1 aromatic carbocycles. The summed E-state index contributed by atoms with van der Waals surface area (Å²) in [6, 6.07) is 4.92. The Morgan fingerprint density at radius 3 is 2.88 bits per heavy atom. The van der Waals surface area contributed by atoms with Crippen LogP contribution in [-0.2, 0) is 4.79 Å². The van der Waals surface area contributed by atoms with Gasteiger partial charge in [-0.05, 0) is 17.7 Å². The van der Waals surface area contributed by atoms with E-state index in [4.69, 9.17) is 4.74 Å². The van der Waals surface area contributed by atoms with E-state index in [1.807, 2.05) is 19.9 Å². The number of hydrogen-bond donors (Lipinski definition) is 2. The first-order valence-electron chi connectivity index (χ1n) is 7.60. The molecule has 0 saturated carbocycles. The molecule has 2 aromatic rings. The third-order valence-electron chi connectivity index (χ3n) is 3.76. The van der Waals surface area contributed by atoms with Gasteiger partial charge in [-0.1, -0.05) is 31.3 Å². The van der Waals surface area contributed by atoms with Crippen LogP contribution >= 0.6 is 11.3 Å². The number of methoxy groups -OCH3 is 1. The molecule has 3 rings (SSSR count). The van der Waals surface area contributed by atoms with E-state index in [-0.39, 0.29) is 30.2 Å². The van der Waals surface area contributed by atoms with Crippen molar-refractivity contribution in [3.63, 3.8) is 0 Å². The van der Waals surface area contributed by atoms with Crippen molar-refractivity contribution in [1.29, 1.82) is 0 Å². The highest BCUT2D eigenvalue weighted by molar-refractivity contribution is 7.15. The lowest BCUT2D eigenvalue weighted by Gasteiger charge is -2.11. The van der Waals surface area contributed by atoms with Crippen molar-refractivity contribution < 1.29 is 14.3 Å². The Kier molecular flexibility index (Phi) is 4.48. The zero-order chi connectivity index (χ0) is 17.3. The van der Waals surface area contributed by atoms with Crippen molar-refractivity contribution in [1.82, 2.24) is 15.5 Å². The second kappa shape index (κ2) is 6.56. The molecule has 1 unspecified atom stereocenters. The number of carbonyl (C=O) groups excluding carboxylic acids is 2. The minimum atomic E-state index is -0.351. The Morgan fingerprint density at radius 1 is 1.42 bits per heavy atom. The maximum atomic E-state index is 12.2. The fourth-order valence-electron chi connectivity index (χ4n) is 2.51. The molecule has 1 atom stereocenters. The number of anilines is 1. The summed E-state index contributed by atoms with van der Waals surface area (Å²) in [5, 5.41) is 14.9. The molecular weight excluding hydrogens is 328 g/mol. The Bertz CT molecular complexity index is 787. The molecular formula is C16H18N4O3S. The van der Waals surface area contributed by atoms with Gasteiger partial charge in [0.15, 0.2) is 0 Å². The molecule has 7 nitrogen and oxygen atoms in total. The molecule has 0 aliphatic carbocycles. The average Bonchev–Trinajstić information content (AvgIpc) is 3.13. The Morgan fingerprint density at radius 2 is 2.21 bits per heavy atom. The van der Waals surface area contributed by atoms with Crippen LogP contribution in [-0.4, -0.2) is 29.1 Å². The third-order valence-corrected chi connectivity index (χ3v) is 4.90. The highest BCUT2D eigenvalue weighted by atomic mass is 32.1. The standard InChI is InChI=1S/C16H18N4O3S/c1-8(2)15-19-20-16(24-15)18-13(21)7-12-10-5-4-9(23-3)6-11(10)14(22)17-12/h4-6,8,12H,7H2,1-3H3,(H,17,22)(H,18,20,21). The fourth-order valence-corrected chi connectivity index (χ4v) is 3.27. The molecule has 8 heteroatoms. The smallest absolute Gasteiger partial charge is 0.252 e. The van der Waals surface area contributed by atoms with E-state index in [0.29, 0.717) is 16.4 Å². The van der Waals surface area contributed by atoms with Crippen LogP contribution in [0.15, 0.2) is 18.2 Å². The summed E-state index contributed by atoms with van der Waals surface area (Å²) < 4.78 is 5.13. The van der Waals surface area contributed by atoms with Crippen LogP contribution in [0.25, 0.3) is 0 Å². The second-order valence-electron chi connectivity index (χ2n) is 5.83. The Hall–Kier alpha value is -2.48. The molecule has 2 amide bonds. The van der Waals surface area contributed by atoms with Gasteiger partial charge in [-0.15, -0.1) is 10.2 Å². The van der Waals surface area contributed by atoms with Crippen LogP contribution in [0, 0.1) is 0 Å². The highest BCUT2D eigenvalue weighted by Crippen LogP contribution is 2.31. The summed E-state index contributed by atoms with van der Waals surface area (Å²) in [5.41, 5.74) is 1.35. The van der Waals surface area contributed by atoms with E-state index in [2.05, 4.69) is 20.8 Å². The third kappa shape index (κ3) is 3.23. The number of benzene rings is 1. The SMILES string of the molecule is COc1ccc2c(c1)C(=O)NC2CC(=O)Nc1nnc(C(C)C)s1. The summed E-state index contributed by atoms with van der Waals surface area (Å²) in [5.74, 6) is 0.475. The van der Waals surface area contributed by atoms with Gasteiger partial charge in [-0.25, -0.2) is 0 Å². The monoisotopic (exact) mass is 346 g/mol. The van der Waals surface area contributed by atoms with Crippen LogP contribution in [0.5, 0.6) is 5.75 Å². The van der Waals surface area contributed by atoms with Gasteiger partial charge in [0.25, 0.3) is 5.91 Å². The van der Waals surface area contributed by atoms with Crippen molar-refractivity contribution in [2.45, 2.75) is 32.2 Å². The van der Waals surface area contributed by atoms with Crippen LogP contribution in [0.4, 0.5) is 5.13 Å². The molecule has 1 aromatic heterocycles. The molecule has 0 radical (unpaired) electrons. The first kappa shape index (κ1) is 16.4. The number of fused-ring (bicyclic) bond motifs is 1. The van der Waals surface area contributed by atoms with E-state index in [1.54, 1.807) is 19.2 Å². The summed E-state index contributed by atoms with van der Waals surface area (Å²) in [6.07, 6.45) is 0.141. The van der Waals surface area contributed by atoms with Crippen molar-refractivity contribution in [2.75, 3.05) is 12.4 Å². The van der Waals surface area contributed by atoms with Crippen molar-refractivity contribution >= 4 is 28.3 Å². The van der Waals surface area contributed by atoms with Crippen LogP contribution in [0.1, 0.15) is 53.2 Å². The predicted octanol–water partition coefficient (Wildman–Crippen LogP) is 2.48. The molecule has 126 valence electrons. The summed E-state index contributed by atoms with van der Waals surface area (Å²) >= 11 is 1.36. The van der Waals surface area contributed by atoms with Gasteiger partial charge in [0.1, 0.15) is 10.8 Å². The zero-order valence-corrected chi connectivity index (χ0v) is 14.4. The minimum absolute atomic E-state index is 0.141. The van der Waals surface area contributed by atoms with Gasteiger partial charge in [0, 0.05) is 11.5 Å². The Balaban J connectivity index is 1.68. The van der Waals surface area contributed by atoms with E-state index >= 15 is 0 Å². The van der Waals surface area contributed by atoms with E-state index < -0.39 is 0 Å². The maximum Gasteiger partial charge on any atom is 0.252 e. The molecule has 2 N–H and O–H groups in total. The molecule has 0 spiro atoms. The van der Waals surface area contributed by atoms with Gasteiger partial charge < -0.3 is 15.4 Å². The fraction of sp³-hybridized carbons (Fsp3) is 0.375. The largest absolute Gasteiger partial charge is 0.497 e. The second-order valence-corrected chi connectivity index (χ2v) is 6.84. The van der Waals surface area contributed by atoms with Gasteiger partial charge in [0.2, 0.25) is 11.0 Å². The molecule has 0 saturated heterocycles. The average molecular weight is 346 g/mol. The lowest BCUT2D eigenvalue weighted by molar-refractivity contribution is -0.116. The first-order valence-corrected chi connectivity index (χ1v) is 8.41. The lowest BCUT2D eigenvalue weighted by atomic mass is 10.0. The summed E-state index contributed by atoms with van der Waals surface area (Å²) in [7, 11) is 1.55. The molecule has 1 aliphatic rings. The number of nitrogens with zero attached hydrogens (tertiary/aromatic N) is 2. The quantitative estimate of drug-likeness (QED) is 0.867. The van der Waals surface area contributed by atoms with Gasteiger partial charge in [-0.2, -0.15) is 0 Å². The number of rotatable bonds is 5. The molecule has 0 fully saturated rings. The number of aromatic nitrogens is 2. The number of hydrogen-bond acceptors (Lipinski definition) is 6. The number of nitrogens with one attached hydrogen (secondary N) is 2. The van der Waals surface area contributed by atoms with E-state index in [1.165, 1.54) is 11.3 Å². The summed E-state index contributed by atoms with van der Waals surface area (Å²) in [6.45, 7) is 4.04. The van der Waals surface area contributed by atoms with Crippen LogP contribution in [0.3, 0.4) is 0 Å². The van der Waals surface area contributed by atoms with Gasteiger partial charge in [-0.3, -0.25) is 9.59 Å². The van der Waals surface area contributed by atoms with Crippen molar-refractivity contribution in [3.8, 4) is 5.75 Å². The van der Waals surface area contributed by atoms with Crippen LogP contribution in [0.2, 0.25) is 0 Å². The topological polar surface area (TPSA) is 93.2 Å². The first-order chi connectivity index (χ1) is 11.5. The minimum Gasteiger partial charge on any atom is -0.497 e. The van der Waals surface area contributed by atoms with E-state index in [0.717, 1.165) is 10.6 Å². The molecule has 2 heterocycles. The molecule has 1 aliphatic heterocycles. The lowest BCUT2D eigenvalue weighted by Crippen LogP contribution is -2.24. The van der Waals surface area contributed by atoms with Gasteiger partial charge >= 0.3 is 0 Å². The number of carbonyl (C=O) groups is 2. The van der Waals surface area contributed by atoms with Crippen LogP contribution < -0.4 is 15.4 Å². The Labute approximate surface area is 143 Å². The number of ether oxygens (including phenoxy) is 1. The highest BCUT2D eigenvalue weighted by Gasteiger charge is 2.30.